The molecule has 2 atom stereocenters. The molecule has 0 aliphatic carbocycles. The summed E-state index contributed by atoms with van der Waals surface area (Å²) in [6.07, 6.45) is 7.47. The topological polar surface area (TPSA) is 32.3 Å². The third-order valence-electron chi connectivity index (χ3n) is 5.47. The predicted molar refractivity (Wildman–Crippen MR) is 114 cm³/mol. The van der Waals surface area contributed by atoms with Crippen molar-refractivity contribution in [2.24, 2.45) is 0 Å². The minimum Gasteiger partial charge on any atom is -0.378 e. The lowest BCUT2D eigenvalue weighted by Crippen LogP contribution is -2.44. The molecule has 0 unspecified atom stereocenters. The highest BCUT2D eigenvalue weighted by Gasteiger charge is 2.33. The van der Waals surface area contributed by atoms with Crippen LogP contribution in [0.2, 0.25) is 0 Å². The zero-order valence-electron chi connectivity index (χ0n) is 16.7. The number of carbonyl (C=O) groups excluding carboxylic acids is 1. The maximum absolute atomic E-state index is 13.0. The second-order valence-electron chi connectivity index (χ2n) is 7.63. The maximum atomic E-state index is 13.0. The maximum Gasteiger partial charge on any atom is 0.227 e. The van der Waals surface area contributed by atoms with E-state index in [4.69, 9.17) is 0 Å². The molecular weight excluding hydrogens is 332 g/mol. The summed E-state index contributed by atoms with van der Waals surface area (Å²) < 4.78 is 0. The summed E-state index contributed by atoms with van der Waals surface area (Å²) in [4.78, 5) is 15.0. The highest BCUT2D eigenvalue weighted by Crippen LogP contribution is 2.39. The van der Waals surface area contributed by atoms with Gasteiger partial charge in [-0.2, -0.15) is 0 Å². The van der Waals surface area contributed by atoms with Gasteiger partial charge in [0.25, 0.3) is 0 Å². The van der Waals surface area contributed by atoms with E-state index in [0.29, 0.717) is 6.42 Å². The Labute approximate surface area is 163 Å². The smallest absolute Gasteiger partial charge is 0.227 e. The van der Waals surface area contributed by atoms with Crippen LogP contribution in [0.4, 0.5) is 11.4 Å². The van der Waals surface area contributed by atoms with Crippen molar-refractivity contribution >= 4 is 17.3 Å². The number of para-hydroxylation sites is 2. The number of hydrogen-bond donors (Lipinski definition) is 1. The van der Waals surface area contributed by atoms with Crippen LogP contribution < -0.4 is 10.2 Å². The number of rotatable bonds is 8. The Morgan fingerprint density at radius 1 is 1.00 bits per heavy atom. The largest absolute Gasteiger partial charge is 0.378 e. The van der Waals surface area contributed by atoms with Gasteiger partial charge in [-0.25, -0.2) is 0 Å². The van der Waals surface area contributed by atoms with E-state index < -0.39 is 0 Å². The van der Waals surface area contributed by atoms with E-state index in [2.05, 4.69) is 61.6 Å². The van der Waals surface area contributed by atoms with Crippen molar-refractivity contribution in [3.63, 3.8) is 0 Å². The molecule has 0 saturated carbocycles. The number of amides is 1. The molecule has 2 aromatic carbocycles. The molecule has 0 bridgehead atoms. The fourth-order valence-electron chi connectivity index (χ4n) is 4.07. The second-order valence-corrected chi connectivity index (χ2v) is 7.63. The standard InChI is InChI=1S/C24H32N2O/c1-3-4-5-6-10-17-24(27)26-19(2)18-22(21-15-11-12-16-23(21)26)25-20-13-8-7-9-14-20/h7-9,11-16,19,22,25H,3-6,10,17-18H2,1-2H3/t19-,22+/m0/s1. The molecule has 1 heterocycles. The number of carbonyl (C=O) groups is 1. The molecule has 0 spiro atoms. The SMILES string of the molecule is CCCCCCCC(=O)N1c2ccccc2[C@H](Nc2ccccc2)C[C@@H]1C. The highest BCUT2D eigenvalue weighted by molar-refractivity contribution is 5.95. The molecule has 3 nitrogen and oxygen atoms in total. The Morgan fingerprint density at radius 3 is 2.48 bits per heavy atom. The van der Waals surface area contributed by atoms with Crippen LogP contribution in [0, 0.1) is 0 Å². The first-order valence-corrected chi connectivity index (χ1v) is 10.4. The summed E-state index contributed by atoms with van der Waals surface area (Å²) in [7, 11) is 0. The summed E-state index contributed by atoms with van der Waals surface area (Å²) >= 11 is 0. The van der Waals surface area contributed by atoms with Crippen LogP contribution in [-0.2, 0) is 4.79 Å². The molecule has 0 aromatic heterocycles. The molecule has 3 rings (SSSR count). The number of nitrogens with one attached hydrogen (secondary N) is 1. The van der Waals surface area contributed by atoms with Gasteiger partial charge in [0, 0.05) is 23.8 Å². The van der Waals surface area contributed by atoms with Crippen molar-refractivity contribution < 1.29 is 4.79 Å². The van der Waals surface area contributed by atoms with Gasteiger partial charge in [0.15, 0.2) is 0 Å². The van der Waals surface area contributed by atoms with Crippen molar-refractivity contribution in [1.82, 2.24) is 0 Å². The molecule has 144 valence electrons. The van der Waals surface area contributed by atoms with Gasteiger partial charge in [-0.3, -0.25) is 4.79 Å². The van der Waals surface area contributed by atoms with Crippen molar-refractivity contribution in [2.75, 3.05) is 10.2 Å². The van der Waals surface area contributed by atoms with E-state index >= 15 is 0 Å². The zero-order valence-corrected chi connectivity index (χ0v) is 16.7. The number of unbranched alkanes of at least 4 members (excludes halogenated alkanes) is 4. The molecule has 2 aromatic rings. The normalized spacial score (nSPS) is 18.8. The summed E-state index contributed by atoms with van der Waals surface area (Å²) in [5.74, 6) is 0.268. The van der Waals surface area contributed by atoms with Gasteiger partial charge in [-0.05, 0) is 43.5 Å². The Hall–Kier alpha value is -2.29. The van der Waals surface area contributed by atoms with Gasteiger partial charge in [0.1, 0.15) is 0 Å². The number of benzene rings is 2. The lowest BCUT2D eigenvalue weighted by molar-refractivity contribution is -0.119. The molecule has 3 heteroatoms. The fourth-order valence-corrected chi connectivity index (χ4v) is 4.07. The summed E-state index contributed by atoms with van der Waals surface area (Å²) in [6, 6.07) is 19.1. The minimum absolute atomic E-state index is 0.198. The summed E-state index contributed by atoms with van der Waals surface area (Å²) in [5, 5.41) is 3.66. The Balaban J connectivity index is 1.72. The van der Waals surface area contributed by atoms with Crippen molar-refractivity contribution in [3.05, 3.63) is 60.2 Å². The first kappa shape index (κ1) is 19.5. The van der Waals surface area contributed by atoms with Gasteiger partial charge >= 0.3 is 0 Å². The molecule has 0 saturated heterocycles. The third-order valence-corrected chi connectivity index (χ3v) is 5.47. The first-order chi connectivity index (χ1) is 13.2. The van der Waals surface area contributed by atoms with Crippen LogP contribution in [-0.4, -0.2) is 11.9 Å². The quantitative estimate of drug-likeness (QED) is 0.555. The van der Waals surface area contributed by atoms with Crippen molar-refractivity contribution in [2.45, 2.75) is 70.9 Å². The molecule has 1 amide bonds. The average molecular weight is 365 g/mol. The number of fused-ring (bicyclic) bond motifs is 1. The second kappa shape index (κ2) is 9.59. The molecular formula is C24H32N2O. The fraction of sp³-hybridized carbons (Fsp3) is 0.458. The van der Waals surface area contributed by atoms with Crippen LogP contribution in [0.5, 0.6) is 0 Å². The predicted octanol–water partition coefficient (Wildman–Crippen LogP) is 6.33. The zero-order chi connectivity index (χ0) is 19.1. The Bertz CT molecular complexity index is 728. The van der Waals surface area contributed by atoms with Gasteiger partial charge in [-0.15, -0.1) is 0 Å². The third kappa shape index (κ3) is 4.91. The monoisotopic (exact) mass is 364 g/mol. The van der Waals surface area contributed by atoms with Gasteiger partial charge in [0.2, 0.25) is 5.91 Å². The lowest BCUT2D eigenvalue weighted by Gasteiger charge is -2.40. The highest BCUT2D eigenvalue weighted by atomic mass is 16.2. The molecule has 0 radical (unpaired) electrons. The van der Waals surface area contributed by atoms with Gasteiger partial charge in [-0.1, -0.05) is 69.0 Å². The number of nitrogens with zero attached hydrogens (tertiary/aromatic N) is 1. The Morgan fingerprint density at radius 2 is 1.70 bits per heavy atom. The molecule has 1 aliphatic rings. The van der Waals surface area contributed by atoms with Crippen molar-refractivity contribution in [1.29, 1.82) is 0 Å². The molecule has 0 fully saturated rings. The molecule has 27 heavy (non-hydrogen) atoms. The number of hydrogen-bond acceptors (Lipinski definition) is 2. The van der Waals surface area contributed by atoms with Crippen molar-refractivity contribution in [3.8, 4) is 0 Å². The van der Waals surface area contributed by atoms with E-state index in [9.17, 15) is 4.79 Å². The van der Waals surface area contributed by atoms with Crippen LogP contribution in [0.3, 0.4) is 0 Å². The van der Waals surface area contributed by atoms with Crippen LogP contribution in [0.25, 0.3) is 0 Å². The van der Waals surface area contributed by atoms with Crippen LogP contribution in [0.1, 0.15) is 70.4 Å². The van der Waals surface area contributed by atoms with E-state index in [1.165, 1.54) is 24.8 Å². The van der Waals surface area contributed by atoms with Crippen LogP contribution in [0.15, 0.2) is 54.6 Å². The Kier molecular flexibility index (Phi) is 6.92. The van der Waals surface area contributed by atoms with Gasteiger partial charge < -0.3 is 10.2 Å². The molecule has 1 N–H and O–H groups in total. The average Bonchev–Trinajstić information content (AvgIpc) is 2.68. The van der Waals surface area contributed by atoms with Gasteiger partial charge in [0.05, 0.1) is 6.04 Å². The van der Waals surface area contributed by atoms with Crippen LogP contribution >= 0.6 is 0 Å². The van der Waals surface area contributed by atoms with E-state index in [1.54, 1.807) is 0 Å². The lowest BCUT2D eigenvalue weighted by atomic mass is 9.91. The molecule has 1 aliphatic heterocycles. The number of anilines is 2. The van der Waals surface area contributed by atoms with E-state index in [-0.39, 0.29) is 18.0 Å². The summed E-state index contributed by atoms with van der Waals surface area (Å²) in [5.41, 5.74) is 3.42. The summed E-state index contributed by atoms with van der Waals surface area (Å²) in [6.45, 7) is 4.39. The minimum atomic E-state index is 0.198. The first-order valence-electron chi connectivity index (χ1n) is 10.4. The van der Waals surface area contributed by atoms with E-state index in [0.717, 1.165) is 30.6 Å². The van der Waals surface area contributed by atoms with E-state index in [1.807, 2.05) is 17.0 Å².